The normalized spacial score (nSPS) is 10.0. The van der Waals surface area contributed by atoms with Crippen molar-refractivity contribution >= 4 is 46.3 Å². The van der Waals surface area contributed by atoms with E-state index in [-0.39, 0.29) is 0 Å². The van der Waals surface area contributed by atoms with Crippen molar-refractivity contribution in [1.29, 1.82) is 0 Å². The van der Waals surface area contributed by atoms with Gasteiger partial charge in [-0.05, 0) is 36.1 Å². The average Bonchev–Trinajstić information content (AvgIpc) is 2.90. The highest BCUT2D eigenvalue weighted by atomic mass is 35.5. The van der Waals surface area contributed by atoms with Gasteiger partial charge in [0.05, 0.1) is 12.8 Å². The monoisotopic (exact) mass is 324 g/mol. The molecule has 5 nitrogen and oxygen atoms in total. The van der Waals surface area contributed by atoms with E-state index < -0.39 is 12.0 Å². The third kappa shape index (κ3) is 3.74. The Morgan fingerprint density at radius 3 is 2.67 bits per heavy atom. The summed E-state index contributed by atoms with van der Waals surface area (Å²) in [7, 11) is 1.29. The second-order valence-electron chi connectivity index (χ2n) is 4.20. The number of hydrogen-bond donors (Lipinski definition) is 2. The fraction of sp³-hybridized carbons (Fsp3) is 0.143. The number of urea groups is 1. The molecular weight excluding hydrogens is 312 g/mol. The Hall–Kier alpha value is -2.05. The molecular formula is C14H13ClN2O3S. The van der Waals surface area contributed by atoms with E-state index in [0.29, 0.717) is 21.3 Å². The van der Waals surface area contributed by atoms with Crippen molar-refractivity contribution in [2.75, 3.05) is 17.7 Å². The van der Waals surface area contributed by atoms with Crippen molar-refractivity contribution < 1.29 is 14.3 Å². The molecule has 2 aromatic rings. The van der Waals surface area contributed by atoms with E-state index in [0.717, 1.165) is 5.56 Å². The van der Waals surface area contributed by atoms with Crippen LogP contribution in [-0.4, -0.2) is 19.1 Å². The highest BCUT2D eigenvalue weighted by Gasteiger charge is 2.15. The van der Waals surface area contributed by atoms with Gasteiger partial charge in [0.15, 0.2) is 0 Å². The summed E-state index contributed by atoms with van der Waals surface area (Å²) < 4.78 is 4.65. The van der Waals surface area contributed by atoms with Crippen LogP contribution in [0.4, 0.5) is 16.2 Å². The molecule has 1 aromatic carbocycles. The molecule has 21 heavy (non-hydrogen) atoms. The maximum absolute atomic E-state index is 11.9. The van der Waals surface area contributed by atoms with E-state index in [4.69, 9.17) is 11.6 Å². The number of carbonyl (C=O) groups excluding carboxylic acids is 2. The molecule has 0 aliphatic heterocycles. The Kier molecular flexibility index (Phi) is 4.82. The maximum atomic E-state index is 11.9. The number of thiophene rings is 1. The number of anilines is 2. The number of methoxy groups -OCH3 is 1. The van der Waals surface area contributed by atoms with Crippen molar-refractivity contribution in [2.45, 2.75) is 6.92 Å². The number of ether oxygens (including phenoxy) is 1. The van der Waals surface area contributed by atoms with Gasteiger partial charge in [0, 0.05) is 10.7 Å². The molecule has 0 radical (unpaired) electrons. The van der Waals surface area contributed by atoms with E-state index in [9.17, 15) is 9.59 Å². The highest BCUT2D eigenvalue weighted by molar-refractivity contribution is 7.12. The second-order valence-corrected chi connectivity index (χ2v) is 5.52. The van der Waals surface area contributed by atoms with Crippen molar-refractivity contribution in [3.8, 4) is 0 Å². The number of rotatable bonds is 3. The van der Waals surface area contributed by atoms with Gasteiger partial charge in [-0.1, -0.05) is 17.7 Å². The maximum Gasteiger partial charge on any atom is 0.350 e. The molecule has 7 heteroatoms. The van der Waals surface area contributed by atoms with Crippen LogP contribution in [0.5, 0.6) is 0 Å². The van der Waals surface area contributed by atoms with Crippen LogP contribution in [0.25, 0.3) is 0 Å². The fourth-order valence-corrected chi connectivity index (χ4v) is 2.56. The first-order valence-electron chi connectivity index (χ1n) is 6.01. The van der Waals surface area contributed by atoms with Gasteiger partial charge in [-0.2, -0.15) is 0 Å². The van der Waals surface area contributed by atoms with Crippen LogP contribution in [0.3, 0.4) is 0 Å². The number of esters is 1. The highest BCUT2D eigenvalue weighted by Crippen LogP contribution is 2.24. The Morgan fingerprint density at radius 2 is 2.00 bits per heavy atom. The van der Waals surface area contributed by atoms with E-state index in [1.54, 1.807) is 23.6 Å². The quantitative estimate of drug-likeness (QED) is 0.834. The number of aryl methyl sites for hydroxylation is 1. The summed E-state index contributed by atoms with van der Waals surface area (Å²) in [6, 6.07) is 6.39. The van der Waals surface area contributed by atoms with E-state index in [2.05, 4.69) is 15.4 Å². The predicted octanol–water partition coefficient (Wildman–Crippen LogP) is 4.14. The van der Waals surface area contributed by atoms with Gasteiger partial charge in [-0.3, -0.25) is 0 Å². The summed E-state index contributed by atoms with van der Waals surface area (Å²) in [4.78, 5) is 23.8. The van der Waals surface area contributed by atoms with E-state index in [1.165, 1.54) is 18.4 Å². The van der Waals surface area contributed by atoms with E-state index >= 15 is 0 Å². The lowest BCUT2D eigenvalue weighted by atomic mass is 10.2. The van der Waals surface area contributed by atoms with Crippen LogP contribution in [-0.2, 0) is 4.74 Å². The largest absolute Gasteiger partial charge is 0.465 e. The molecule has 1 heterocycles. The van der Waals surface area contributed by atoms with Crippen LogP contribution in [0.15, 0.2) is 29.6 Å². The number of nitrogens with one attached hydrogen (secondary N) is 2. The summed E-state index contributed by atoms with van der Waals surface area (Å²) in [5, 5.41) is 7.52. The minimum absolute atomic E-state index is 0.342. The standard InChI is InChI=1S/C14H13ClN2O3S/c1-8-3-4-9(7-10(8)15)16-14(19)17-11-5-6-21-12(11)13(18)20-2/h3-7H,1-2H3,(H2,16,17,19). The molecule has 0 unspecified atom stereocenters. The number of benzene rings is 1. The lowest BCUT2D eigenvalue weighted by Gasteiger charge is -2.08. The number of halogens is 1. The minimum Gasteiger partial charge on any atom is -0.465 e. The van der Waals surface area contributed by atoms with Crippen molar-refractivity contribution in [3.63, 3.8) is 0 Å². The fourth-order valence-electron chi connectivity index (χ4n) is 1.61. The molecule has 0 aliphatic rings. The van der Waals surface area contributed by atoms with Gasteiger partial charge >= 0.3 is 12.0 Å². The Morgan fingerprint density at radius 1 is 1.24 bits per heavy atom. The molecule has 1 aromatic heterocycles. The number of hydrogen-bond acceptors (Lipinski definition) is 4. The lowest BCUT2D eigenvalue weighted by Crippen LogP contribution is -2.20. The molecule has 0 saturated carbocycles. The number of amides is 2. The van der Waals surface area contributed by atoms with Crippen molar-refractivity contribution in [1.82, 2.24) is 0 Å². The zero-order valence-corrected chi connectivity index (χ0v) is 13.0. The molecule has 0 saturated heterocycles. The molecule has 2 amide bonds. The van der Waals surface area contributed by atoms with Crippen LogP contribution < -0.4 is 10.6 Å². The van der Waals surface area contributed by atoms with Crippen molar-refractivity contribution in [3.05, 3.63) is 45.1 Å². The summed E-state index contributed by atoms with van der Waals surface area (Å²) in [5.41, 5.74) is 1.90. The van der Waals surface area contributed by atoms with Crippen molar-refractivity contribution in [2.24, 2.45) is 0 Å². The van der Waals surface area contributed by atoms with Gasteiger partial charge < -0.3 is 15.4 Å². The molecule has 0 atom stereocenters. The van der Waals surface area contributed by atoms with E-state index in [1.807, 2.05) is 13.0 Å². The van der Waals surface area contributed by atoms with Crippen LogP contribution in [0, 0.1) is 6.92 Å². The third-order valence-electron chi connectivity index (χ3n) is 2.71. The van der Waals surface area contributed by atoms with Crippen LogP contribution >= 0.6 is 22.9 Å². The van der Waals surface area contributed by atoms with Gasteiger partial charge in [-0.15, -0.1) is 11.3 Å². The zero-order chi connectivity index (χ0) is 15.4. The summed E-state index contributed by atoms with van der Waals surface area (Å²) in [6.45, 7) is 1.88. The van der Waals surface area contributed by atoms with Gasteiger partial charge in [0.1, 0.15) is 4.88 Å². The third-order valence-corrected chi connectivity index (χ3v) is 4.02. The van der Waals surface area contributed by atoms with Gasteiger partial charge in [0.2, 0.25) is 0 Å². The Labute approximate surface area is 130 Å². The smallest absolute Gasteiger partial charge is 0.350 e. The molecule has 2 N–H and O–H groups in total. The summed E-state index contributed by atoms with van der Waals surface area (Å²) in [6.07, 6.45) is 0. The Bertz CT molecular complexity index is 685. The first-order valence-corrected chi connectivity index (χ1v) is 7.27. The Balaban J connectivity index is 2.07. The topological polar surface area (TPSA) is 67.4 Å². The summed E-state index contributed by atoms with van der Waals surface area (Å²) in [5.74, 6) is -0.487. The minimum atomic E-state index is -0.487. The first kappa shape index (κ1) is 15.3. The molecule has 0 fully saturated rings. The van der Waals surface area contributed by atoms with Crippen LogP contribution in [0.1, 0.15) is 15.2 Å². The molecule has 2 rings (SSSR count). The zero-order valence-electron chi connectivity index (χ0n) is 11.4. The average molecular weight is 325 g/mol. The summed E-state index contributed by atoms with van der Waals surface area (Å²) >= 11 is 7.19. The molecule has 110 valence electrons. The lowest BCUT2D eigenvalue weighted by molar-refractivity contribution is 0.0607. The van der Waals surface area contributed by atoms with Crippen LogP contribution in [0.2, 0.25) is 5.02 Å². The SMILES string of the molecule is COC(=O)c1sccc1NC(=O)Nc1ccc(C)c(Cl)c1. The molecule has 0 aliphatic carbocycles. The predicted molar refractivity (Wildman–Crippen MR) is 84.5 cm³/mol. The molecule has 0 bridgehead atoms. The second kappa shape index (κ2) is 6.60. The number of carbonyl (C=O) groups is 2. The van der Waals surface area contributed by atoms with Gasteiger partial charge in [-0.25, -0.2) is 9.59 Å². The molecule has 0 spiro atoms. The first-order chi connectivity index (χ1) is 10.0. The van der Waals surface area contributed by atoms with Gasteiger partial charge in [0.25, 0.3) is 0 Å².